The van der Waals surface area contributed by atoms with Gasteiger partial charge in [0.25, 0.3) is 0 Å². The number of halogens is 1. The predicted octanol–water partition coefficient (Wildman–Crippen LogP) is 2.97. The molecular weight excluding hydrogens is 249 g/mol. The Kier molecular flexibility index (Phi) is 4.11. The predicted molar refractivity (Wildman–Crippen MR) is 72.2 cm³/mol. The number of rotatable bonds is 4. The Morgan fingerprint density at radius 1 is 1.39 bits per heavy atom. The summed E-state index contributed by atoms with van der Waals surface area (Å²) in [5.41, 5.74) is 7.11. The molecule has 18 heavy (non-hydrogen) atoms. The van der Waals surface area contributed by atoms with Crippen LogP contribution in [0.3, 0.4) is 0 Å². The molecule has 0 aliphatic carbocycles. The number of hydrogen-bond acceptors (Lipinski definition) is 3. The lowest BCUT2D eigenvalue weighted by Gasteiger charge is -2.21. The molecule has 0 aliphatic rings. The summed E-state index contributed by atoms with van der Waals surface area (Å²) < 4.78 is 13.4. The molecule has 2 unspecified atom stereocenters. The maximum absolute atomic E-state index is 13.4. The average Bonchev–Trinajstić information content (AvgIpc) is 2.82. The van der Waals surface area contributed by atoms with Crippen LogP contribution in [0.15, 0.2) is 35.7 Å². The van der Waals surface area contributed by atoms with Gasteiger partial charge in [-0.3, -0.25) is 0 Å². The quantitative estimate of drug-likeness (QED) is 0.892. The highest BCUT2D eigenvalue weighted by Gasteiger charge is 2.22. The van der Waals surface area contributed by atoms with Crippen LogP contribution in [-0.4, -0.2) is 11.7 Å². The summed E-state index contributed by atoms with van der Waals surface area (Å²) in [5, 5.41) is 12.3. The molecule has 0 saturated carbocycles. The minimum atomic E-state index is -0.775. The van der Waals surface area contributed by atoms with Crippen LogP contribution in [0.1, 0.15) is 28.0 Å². The second-order valence-electron chi connectivity index (χ2n) is 4.36. The van der Waals surface area contributed by atoms with E-state index in [9.17, 15) is 9.50 Å². The minimum Gasteiger partial charge on any atom is -0.388 e. The first-order valence-electron chi connectivity index (χ1n) is 5.80. The van der Waals surface area contributed by atoms with E-state index in [2.05, 4.69) is 0 Å². The lowest BCUT2D eigenvalue weighted by molar-refractivity contribution is 0.148. The van der Waals surface area contributed by atoms with Crippen LogP contribution in [0.2, 0.25) is 0 Å². The summed E-state index contributed by atoms with van der Waals surface area (Å²) in [6.07, 6.45) is -0.775. The van der Waals surface area contributed by atoms with Crippen molar-refractivity contribution in [2.75, 3.05) is 6.54 Å². The van der Waals surface area contributed by atoms with Gasteiger partial charge in [-0.1, -0.05) is 12.1 Å². The van der Waals surface area contributed by atoms with E-state index in [4.69, 9.17) is 5.73 Å². The number of nitrogens with two attached hydrogens (primary N) is 1. The minimum absolute atomic E-state index is 0.189. The molecule has 0 fully saturated rings. The van der Waals surface area contributed by atoms with Crippen molar-refractivity contribution in [3.8, 4) is 0 Å². The number of aryl methyl sites for hydroxylation is 1. The molecular formula is C14H16FNOS. The van der Waals surface area contributed by atoms with E-state index in [1.54, 1.807) is 17.4 Å². The van der Waals surface area contributed by atoms with E-state index < -0.39 is 6.10 Å². The largest absolute Gasteiger partial charge is 0.388 e. The molecule has 0 bridgehead atoms. The van der Waals surface area contributed by atoms with Crippen molar-refractivity contribution in [3.05, 3.63) is 57.5 Å². The fraction of sp³-hybridized carbons (Fsp3) is 0.286. The van der Waals surface area contributed by atoms with Crippen molar-refractivity contribution in [1.29, 1.82) is 0 Å². The van der Waals surface area contributed by atoms with Crippen LogP contribution in [0.4, 0.5) is 4.39 Å². The fourth-order valence-corrected chi connectivity index (χ4v) is 2.94. The smallest absolute Gasteiger partial charge is 0.123 e. The fourth-order valence-electron chi connectivity index (χ4n) is 2.07. The first-order valence-corrected chi connectivity index (χ1v) is 6.68. The zero-order chi connectivity index (χ0) is 13.1. The van der Waals surface area contributed by atoms with Crippen molar-refractivity contribution >= 4 is 11.3 Å². The zero-order valence-corrected chi connectivity index (χ0v) is 11.0. The molecule has 1 aromatic heterocycles. The number of aliphatic hydroxyl groups is 1. The van der Waals surface area contributed by atoms with Gasteiger partial charge in [-0.15, -0.1) is 11.3 Å². The van der Waals surface area contributed by atoms with Crippen LogP contribution >= 0.6 is 11.3 Å². The molecule has 0 spiro atoms. The summed E-state index contributed by atoms with van der Waals surface area (Å²) in [4.78, 5) is 1.02. The molecule has 2 aromatic rings. The first kappa shape index (κ1) is 13.2. The third-order valence-electron chi connectivity index (χ3n) is 2.95. The van der Waals surface area contributed by atoms with Gasteiger partial charge in [-0.2, -0.15) is 0 Å². The third kappa shape index (κ3) is 2.77. The van der Waals surface area contributed by atoms with Crippen LogP contribution in [-0.2, 0) is 0 Å². The summed E-state index contributed by atoms with van der Waals surface area (Å²) >= 11 is 1.55. The molecule has 0 aliphatic heterocycles. The van der Waals surface area contributed by atoms with Crippen LogP contribution in [0.25, 0.3) is 0 Å². The van der Waals surface area contributed by atoms with E-state index in [0.717, 1.165) is 10.4 Å². The number of benzene rings is 1. The van der Waals surface area contributed by atoms with E-state index in [0.29, 0.717) is 12.1 Å². The Bertz CT molecular complexity index is 492. The third-order valence-corrected chi connectivity index (χ3v) is 3.95. The monoisotopic (exact) mass is 265 g/mol. The highest BCUT2D eigenvalue weighted by molar-refractivity contribution is 7.10. The second-order valence-corrected chi connectivity index (χ2v) is 5.34. The topological polar surface area (TPSA) is 46.2 Å². The summed E-state index contributed by atoms with van der Waals surface area (Å²) in [7, 11) is 0. The van der Waals surface area contributed by atoms with Crippen molar-refractivity contribution in [2.45, 2.75) is 18.9 Å². The summed E-state index contributed by atoms with van der Waals surface area (Å²) in [5.74, 6) is -0.516. The van der Waals surface area contributed by atoms with E-state index in [1.807, 2.05) is 24.4 Å². The number of thiophene rings is 1. The molecule has 2 nitrogen and oxygen atoms in total. The van der Waals surface area contributed by atoms with E-state index in [1.165, 1.54) is 12.1 Å². The average molecular weight is 265 g/mol. The van der Waals surface area contributed by atoms with Crippen LogP contribution in [0, 0.1) is 12.7 Å². The van der Waals surface area contributed by atoms with Crippen molar-refractivity contribution in [3.63, 3.8) is 0 Å². The Hall–Kier alpha value is -1.23. The van der Waals surface area contributed by atoms with Gasteiger partial charge in [0.1, 0.15) is 5.82 Å². The van der Waals surface area contributed by atoms with Gasteiger partial charge in [0, 0.05) is 17.3 Å². The molecule has 1 aromatic carbocycles. The standard InChI is InChI=1S/C14H16FNOS/c1-9-5-10(7-11(15)6-9)14(17)12(8-16)13-3-2-4-18-13/h2-7,12,14,17H,8,16H2,1H3. The Labute approximate surface area is 110 Å². The molecule has 2 atom stereocenters. The summed E-state index contributed by atoms with van der Waals surface area (Å²) in [6.45, 7) is 2.14. The highest BCUT2D eigenvalue weighted by Crippen LogP contribution is 2.33. The van der Waals surface area contributed by atoms with Gasteiger partial charge in [-0.05, 0) is 41.6 Å². The number of aliphatic hydroxyl groups excluding tert-OH is 1. The Morgan fingerprint density at radius 2 is 2.17 bits per heavy atom. The van der Waals surface area contributed by atoms with Crippen molar-refractivity contribution < 1.29 is 9.50 Å². The zero-order valence-electron chi connectivity index (χ0n) is 10.1. The van der Waals surface area contributed by atoms with Crippen LogP contribution < -0.4 is 5.73 Å². The molecule has 96 valence electrons. The Balaban J connectivity index is 2.31. The molecule has 0 amide bonds. The Morgan fingerprint density at radius 3 is 2.72 bits per heavy atom. The first-order chi connectivity index (χ1) is 8.61. The second kappa shape index (κ2) is 5.61. The van der Waals surface area contributed by atoms with Crippen LogP contribution in [0.5, 0.6) is 0 Å². The molecule has 4 heteroatoms. The van der Waals surface area contributed by atoms with Gasteiger partial charge >= 0.3 is 0 Å². The maximum atomic E-state index is 13.4. The van der Waals surface area contributed by atoms with E-state index >= 15 is 0 Å². The van der Waals surface area contributed by atoms with Gasteiger partial charge < -0.3 is 10.8 Å². The van der Waals surface area contributed by atoms with Crippen molar-refractivity contribution in [2.24, 2.45) is 5.73 Å². The lowest BCUT2D eigenvalue weighted by atomic mass is 9.93. The lowest BCUT2D eigenvalue weighted by Crippen LogP contribution is -2.19. The molecule has 2 rings (SSSR count). The molecule has 3 N–H and O–H groups in total. The molecule has 1 heterocycles. The molecule has 0 saturated heterocycles. The van der Waals surface area contributed by atoms with Gasteiger partial charge in [-0.25, -0.2) is 4.39 Å². The van der Waals surface area contributed by atoms with E-state index in [-0.39, 0.29) is 11.7 Å². The SMILES string of the molecule is Cc1cc(F)cc(C(O)C(CN)c2cccs2)c1. The number of hydrogen-bond donors (Lipinski definition) is 2. The van der Waals surface area contributed by atoms with Gasteiger partial charge in [0.05, 0.1) is 6.10 Å². The molecule has 0 radical (unpaired) electrons. The highest BCUT2D eigenvalue weighted by atomic mass is 32.1. The van der Waals surface area contributed by atoms with Crippen molar-refractivity contribution in [1.82, 2.24) is 0 Å². The van der Waals surface area contributed by atoms with Gasteiger partial charge in [0.15, 0.2) is 0 Å². The summed E-state index contributed by atoms with van der Waals surface area (Å²) in [6, 6.07) is 8.47. The maximum Gasteiger partial charge on any atom is 0.123 e. The normalized spacial score (nSPS) is 14.4. The van der Waals surface area contributed by atoms with Gasteiger partial charge in [0.2, 0.25) is 0 Å².